The first-order chi connectivity index (χ1) is 12.7. The van der Waals surface area contributed by atoms with Crippen LogP contribution in [0.25, 0.3) is 0 Å². The van der Waals surface area contributed by atoms with Crippen molar-refractivity contribution in [3.63, 3.8) is 0 Å². The molecule has 2 heterocycles. The zero-order valence-corrected chi connectivity index (χ0v) is 15.4. The number of nitrogens with zero attached hydrogens (tertiary/aromatic N) is 1. The van der Waals surface area contributed by atoms with Gasteiger partial charge in [0.15, 0.2) is 18.4 Å². The van der Waals surface area contributed by atoms with Crippen molar-refractivity contribution >= 4 is 26.5 Å². The number of allylic oxidation sites excluding steroid dienone is 1. The van der Waals surface area contributed by atoms with Gasteiger partial charge in [-0.15, -0.1) is 0 Å². The van der Waals surface area contributed by atoms with Crippen LogP contribution in [0.1, 0.15) is 20.3 Å². The second-order valence-electron chi connectivity index (χ2n) is 5.76. The van der Waals surface area contributed by atoms with Crippen molar-refractivity contribution in [3.05, 3.63) is 24.0 Å². The minimum absolute atomic E-state index is 0.0839. The molecule has 4 atom stereocenters. The summed E-state index contributed by atoms with van der Waals surface area (Å²) in [6.45, 7) is 1.97. The summed E-state index contributed by atoms with van der Waals surface area (Å²) in [4.78, 5) is 53.5. The molecule has 0 radical (unpaired) electrons. The van der Waals surface area contributed by atoms with Crippen LogP contribution in [-0.4, -0.2) is 68.8 Å². The Balaban J connectivity index is 2.31. The van der Waals surface area contributed by atoms with Gasteiger partial charge in [-0.25, -0.2) is 4.79 Å². The smallest absolute Gasteiger partial charge is 0.333 e. The van der Waals surface area contributed by atoms with E-state index in [4.69, 9.17) is 28.5 Å². The predicted molar refractivity (Wildman–Crippen MR) is 88.4 cm³/mol. The highest BCUT2D eigenvalue weighted by Gasteiger charge is 2.51. The molecule has 0 amide bonds. The molecule has 0 spiro atoms. The van der Waals surface area contributed by atoms with E-state index in [2.05, 4.69) is 0 Å². The van der Waals surface area contributed by atoms with Crippen LogP contribution >= 0.6 is 8.60 Å². The Morgan fingerprint density at radius 3 is 2.41 bits per heavy atom. The zero-order chi connectivity index (χ0) is 20.1. The van der Waals surface area contributed by atoms with Gasteiger partial charge >= 0.3 is 26.5 Å². The van der Waals surface area contributed by atoms with Crippen LogP contribution in [-0.2, 0) is 33.1 Å². The number of hydrogen-bond donors (Lipinski definition) is 3. The summed E-state index contributed by atoms with van der Waals surface area (Å²) in [5, 5.41) is 9.18. The van der Waals surface area contributed by atoms with Crippen LogP contribution in [0.2, 0.25) is 0 Å². The van der Waals surface area contributed by atoms with E-state index in [0.717, 1.165) is 13.8 Å². The molecule has 0 bridgehead atoms. The van der Waals surface area contributed by atoms with Crippen molar-refractivity contribution in [1.29, 1.82) is 0 Å². The number of ether oxygens (including phenoxy) is 3. The van der Waals surface area contributed by atoms with E-state index < -0.39 is 51.1 Å². The molecule has 3 N–H and O–H groups in total. The van der Waals surface area contributed by atoms with Gasteiger partial charge in [0.1, 0.15) is 6.10 Å². The molecular weight excluding hydrogens is 385 g/mol. The number of hydrogen-bond acceptors (Lipinski definition) is 10. The zero-order valence-electron chi connectivity index (χ0n) is 14.5. The Labute approximate surface area is 155 Å². The SMILES string of the molecule is CC(=O)OC1C(COP(O)O)OC(N2C=CCC(C(=O)O)=C2)C1OC(C)=O. The standard InChI is InChI=1S/C15H20NO10P/c1-8(17)24-12-11(7-23-27(21)22)26-14(13(12)25-9(2)18)16-5-3-4-10(6-16)15(19)20/h3,5-6,11-14,21-22H,4,7H2,1-2H3,(H,19,20). The number of carbonyl (C=O) groups is 3. The van der Waals surface area contributed by atoms with Gasteiger partial charge < -0.3 is 38.5 Å². The van der Waals surface area contributed by atoms with Crippen LogP contribution in [0.5, 0.6) is 0 Å². The highest BCUT2D eigenvalue weighted by atomic mass is 31.2. The van der Waals surface area contributed by atoms with E-state index >= 15 is 0 Å². The molecule has 12 heteroatoms. The Morgan fingerprint density at radius 2 is 1.85 bits per heavy atom. The van der Waals surface area contributed by atoms with E-state index in [1.807, 2.05) is 0 Å². The Morgan fingerprint density at radius 1 is 1.22 bits per heavy atom. The van der Waals surface area contributed by atoms with Crippen molar-refractivity contribution in [2.24, 2.45) is 0 Å². The van der Waals surface area contributed by atoms with Gasteiger partial charge in [-0.3, -0.25) is 9.59 Å². The lowest BCUT2D eigenvalue weighted by Gasteiger charge is -2.30. The molecule has 150 valence electrons. The summed E-state index contributed by atoms with van der Waals surface area (Å²) in [6.07, 6.45) is 0.473. The molecule has 0 aliphatic carbocycles. The molecule has 4 unspecified atom stereocenters. The van der Waals surface area contributed by atoms with Gasteiger partial charge in [-0.1, -0.05) is 6.08 Å². The maximum absolute atomic E-state index is 11.5. The van der Waals surface area contributed by atoms with Crippen LogP contribution in [0.4, 0.5) is 0 Å². The largest absolute Gasteiger partial charge is 0.478 e. The van der Waals surface area contributed by atoms with Gasteiger partial charge in [-0.05, 0) is 0 Å². The quantitative estimate of drug-likeness (QED) is 0.387. The minimum atomic E-state index is -2.68. The fraction of sp³-hybridized carbons (Fsp3) is 0.533. The molecule has 0 aromatic rings. The van der Waals surface area contributed by atoms with Gasteiger partial charge in [0, 0.05) is 32.7 Å². The van der Waals surface area contributed by atoms with Crippen molar-refractivity contribution in [2.75, 3.05) is 6.61 Å². The second-order valence-corrected chi connectivity index (χ2v) is 6.52. The molecule has 0 aromatic heterocycles. The fourth-order valence-corrected chi connectivity index (χ4v) is 3.03. The molecular formula is C15H20NO10P. The monoisotopic (exact) mass is 405 g/mol. The van der Waals surface area contributed by atoms with Gasteiger partial charge in [0.25, 0.3) is 0 Å². The molecule has 1 saturated heterocycles. The lowest BCUT2D eigenvalue weighted by molar-refractivity contribution is -0.166. The van der Waals surface area contributed by atoms with Crippen molar-refractivity contribution < 1.29 is 48.0 Å². The number of aliphatic carboxylic acids is 1. The summed E-state index contributed by atoms with van der Waals surface area (Å²) in [6, 6.07) is 0. The first-order valence-electron chi connectivity index (χ1n) is 7.87. The topological polar surface area (TPSA) is 152 Å². The van der Waals surface area contributed by atoms with E-state index in [1.54, 1.807) is 12.3 Å². The van der Waals surface area contributed by atoms with Crippen LogP contribution in [0.3, 0.4) is 0 Å². The maximum atomic E-state index is 11.5. The minimum Gasteiger partial charge on any atom is -0.478 e. The Kier molecular flexibility index (Phi) is 7.28. The first-order valence-corrected chi connectivity index (χ1v) is 9.04. The van der Waals surface area contributed by atoms with Crippen molar-refractivity contribution in [1.82, 2.24) is 4.90 Å². The highest BCUT2D eigenvalue weighted by Crippen LogP contribution is 2.34. The third-order valence-electron chi connectivity index (χ3n) is 3.73. The third kappa shape index (κ3) is 5.72. The van der Waals surface area contributed by atoms with Gasteiger partial charge in [0.2, 0.25) is 0 Å². The summed E-state index contributed by atoms with van der Waals surface area (Å²) >= 11 is 0. The Hall–Kier alpha value is -2.04. The predicted octanol–water partition coefficient (Wildman–Crippen LogP) is -0.00930. The summed E-state index contributed by atoms with van der Waals surface area (Å²) in [5.41, 5.74) is 0.0839. The second kappa shape index (κ2) is 9.25. The van der Waals surface area contributed by atoms with Crippen molar-refractivity contribution in [2.45, 2.75) is 44.8 Å². The fourth-order valence-electron chi connectivity index (χ4n) is 2.75. The van der Waals surface area contributed by atoms with E-state index in [0.29, 0.717) is 0 Å². The number of carboxylic acid groups (broad SMARTS) is 1. The number of carbonyl (C=O) groups excluding carboxylic acids is 2. The molecule has 11 nitrogen and oxygen atoms in total. The third-order valence-corrected chi connectivity index (χ3v) is 4.11. The molecule has 0 saturated carbocycles. The van der Waals surface area contributed by atoms with E-state index in [9.17, 15) is 19.5 Å². The average Bonchev–Trinajstić information content (AvgIpc) is 2.89. The lowest BCUT2D eigenvalue weighted by Crippen LogP contribution is -2.44. The molecule has 2 aliphatic rings. The molecule has 0 aromatic carbocycles. The summed E-state index contributed by atoms with van der Waals surface area (Å²) < 4.78 is 21.0. The van der Waals surface area contributed by atoms with Gasteiger partial charge in [-0.2, -0.15) is 0 Å². The van der Waals surface area contributed by atoms with E-state index in [-0.39, 0.29) is 18.6 Å². The summed E-state index contributed by atoms with van der Waals surface area (Å²) in [5.74, 6) is -2.45. The highest BCUT2D eigenvalue weighted by molar-refractivity contribution is 7.39. The van der Waals surface area contributed by atoms with Crippen LogP contribution in [0.15, 0.2) is 24.0 Å². The molecule has 27 heavy (non-hydrogen) atoms. The van der Waals surface area contributed by atoms with E-state index in [1.165, 1.54) is 11.1 Å². The number of carboxylic acids is 1. The maximum Gasteiger partial charge on any atom is 0.333 e. The van der Waals surface area contributed by atoms with Crippen LogP contribution < -0.4 is 0 Å². The number of rotatable bonds is 7. The van der Waals surface area contributed by atoms with Crippen molar-refractivity contribution in [3.8, 4) is 0 Å². The number of esters is 2. The van der Waals surface area contributed by atoms with Gasteiger partial charge in [0.05, 0.1) is 12.2 Å². The lowest BCUT2D eigenvalue weighted by atomic mass is 10.1. The molecule has 2 rings (SSSR count). The molecule has 1 fully saturated rings. The Bertz CT molecular complexity index is 649. The van der Waals surface area contributed by atoms with Crippen LogP contribution in [0, 0.1) is 0 Å². The first kappa shape index (κ1) is 21.3. The normalized spacial score (nSPS) is 27.4. The average molecular weight is 405 g/mol. The molecule has 2 aliphatic heterocycles. The summed E-state index contributed by atoms with van der Waals surface area (Å²) in [7, 11) is -2.68.